The van der Waals surface area contributed by atoms with Gasteiger partial charge in [0.25, 0.3) is 0 Å². The lowest BCUT2D eigenvalue weighted by atomic mass is 10.0. The molecule has 29 heavy (non-hydrogen) atoms. The van der Waals surface area contributed by atoms with Gasteiger partial charge in [-0.3, -0.25) is 14.7 Å². The molecule has 1 amide bonds. The third-order valence-electron chi connectivity index (χ3n) is 5.20. The topological polar surface area (TPSA) is 75.7 Å². The van der Waals surface area contributed by atoms with Crippen LogP contribution in [-0.4, -0.2) is 55.6 Å². The molecule has 0 aliphatic carbocycles. The highest BCUT2D eigenvalue weighted by atomic mass is 16.5. The molecule has 2 aromatic rings. The summed E-state index contributed by atoms with van der Waals surface area (Å²) >= 11 is 0. The van der Waals surface area contributed by atoms with Crippen molar-refractivity contribution in [1.82, 2.24) is 20.5 Å². The Morgan fingerprint density at radius 3 is 2.59 bits per heavy atom. The number of likely N-dealkylation sites (tertiary alicyclic amines) is 1. The van der Waals surface area contributed by atoms with Gasteiger partial charge in [-0.1, -0.05) is 6.07 Å². The van der Waals surface area contributed by atoms with Crippen LogP contribution in [0.2, 0.25) is 0 Å². The van der Waals surface area contributed by atoms with Crippen molar-refractivity contribution in [2.75, 3.05) is 33.8 Å². The molecule has 7 nitrogen and oxygen atoms in total. The van der Waals surface area contributed by atoms with Crippen molar-refractivity contribution in [1.29, 1.82) is 0 Å². The highest BCUT2D eigenvalue weighted by Gasteiger charge is 2.20. The Morgan fingerprint density at radius 1 is 1.14 bits per heavy atom. The molecule has 0 unspecified atom stereocenters. The molecule has 0 bridgehead atoms. The lowest BCUT2D eigenvalue weighted by Crippen LogP contribution is -2.45. The van der Waals surface area contributed by atoms with Crippen LogP contribution in [-0.2, 0) is 17.9 Å². The number of likely N-dealkylation sites (N-methyl/N-ethyl adjacent to an activating group) is 1. The molecule has 7 heteroatoms. The van der Waals surface area contributed by atoms with Gasteiger partial charge in [0, 0.05) is 45.1 Å². The maximum Gasteiger partial charge on any atom is 0.233 e. The molecule has 1 aromatic heterocycles. The van der Waals surface area contributed by atoms with Crippen LogP contribution < -0.4 is 20.1 Å². The van der Waals surface area contributed by atoms with Crippen LogP contribution in [0, 0.1) is 0 Å². The minimum absolute atomic E-state index is 0.0785. The van der Waals surface area contributed by atoms with E-state index in [1.165, 1.54) is 0 Å². The lowest BCUT2D eigenvalue weighted by Gasteiger charge is -2.31. The van der Waals surface area contributed by atoms with Gasteiger partial charge in [-0.15, -0.1) is 0 Å². The van der Waals surface area contributed by atoms with Gasteiger partial charge in [-0.2, -0.15) is 0 Å². The zero-order valence-corrected chi connectivity index (χ0v) is 17.2. The summed E-state index contributed by atoms with van der Waals surface area (Å²) in [7, 11) is 3.34. The van der Waals surface area contributed by atoms with E-state index in [1.54, 1.807) is 26.6 Å². The van der Waals surface area contributed by atoms with Crippen LogP contribution in [0.3, 0.4) is 0 Å². The normalized spacial score (nSPS) is 15.1. The molecule has 3 rings (SSSR count). The first-order valence-corrected chi connectivity index (χ1v) is 10.0. The summed E-state index contributed by atoms with van der Waals surface area (Å²) in [5.41, 5.74) is 2.22. The largest absolute Gasteiger partial charge is 0.493 e. The van der Waals surface area contributed by atoms with Crippen molar-refractivity contribution < 1.29 is 14.3 Å². The molecule has 1 fully saturated rings. The summed E-state index contributed by atoms with van der Waals surface area (Å²) in [6, 6.07) is 10.4. The van der Waals surface area contributed by atoms with Crippen LogP contribution in [0.5, 0.6) is 11.5 Å². The third-order valence-corrected chi connectivity index (χ3v) is 5.20. The molecule has 2 N–H and O–H groups in total. The molecule has 0 spiro atoms. The molecule has 2 heterocycles. The summed E-state index contributed by atoms with van der Waals surface area (Å²) in [4.78, 5) is 17.7. The van der Waals surface area contributed by atoms with Gasteiger partial charge in [-0.25, -0.2) is 0 Å². The van der Waals surface area contributed by atoms with E-state index in [0.29, 0.717) is 19.2 Å². The quantitative estimate of drug-likeness (QED) is 0.673. The molecular weight excluding hydrogens is 368 g/mol. The molecule has 0 atom stereocenters. The van der Waals surface area contributed by atoms with E-state index >= 15 is 0 Å². The third kappa shape index (κ3) is 6.44. The van der Waals surface area contributed by atoms with Crippen LogP contribution in [0.1, 0.15) is 24.0 Å². The first-order chi connectivity index (χ1) is 14.2. The molecule has 1 aliphatic heterocycles. The van der Waals surface area contributed by atoms with E-state index in [9.17, 15) is 4.79 Å². The maximum absolute atomic E-state index is 11.5. The molecule has 1 aromatic carbocycles. The molecule has 1 aliphatic rings. The first-order valence-electron chi connectivity index (χ1n) is 10.0. The fourth-order valence-electron chi connectivity index (χ4n) is 3.42. The van der Waals surface area contributed by atoms with Crippen LogP contribution in [0.15, 0.2) is 42.7 Å². The molecular formula is C22H30N4O3. The molecule has 0 radical (unpaired) electrons. The van der Waals surface area contributed by atoms with E-state index in [4.69, 9.17) is 9.47 Å². The van der Waals surface area contributed by atoms with E-state index in [-0.39, 0.29) is 5.91 Å². The Balaban J connectivity index is 1.47. The molecule has 1 saturated heterocycles. The van der Waals surface area contributed by atoms with E-state index < -0.39 is 0 Å². The van der Waals surface area contributed by atoms with Gasteiger partial charge in [0.2, 0.25) is 5.91 Å². The number of carbonyl (C=O) groups excluding carboxylic acids is 1. The number of benzene rings is 1. The summed E-state index contributed by atoms with van der Waals surface area (Å²) in [6.07, 6.45) is 5.60. The van der Waals surface area contributed by atoms with E-state index in [0.717, 1.165) is 55.1 Å². The van der Waals surface area contributed by atoms with Crippen molar-refractivity contribution in [2.45, 2.75) is 32.0 Å². The van der Waals surface area contributed by atoms with Gasteiger partial charge in [0.15, 0.2) is 11.5 Å². The minimum Gasteiger partial charge on any atom is -0.493 e. The fraction of sp³-hybridized carbons (Fsp3) is 0.455. The minimum atomic E-state index is 0.0785. The average Bonchev–Trinajstić information content (AvgIpc) is 2.78. The monoisotopic (exact) mass is 398 g/mol. The number of aromatic nitrogens is 1. The van der Waals surface area contributed by atoms with E-state index in [1.807, 2.05) is 24.3 Å². The Bertz CT molecular complexity index is 777. The number of nitrogens with zero attached hydrogens (tertiary/aromatic N) is 2. The highest BCUT2D eigenvalue weighted by molar-refractivity contribution is 5.77. The Labute approximate surface area is 172 Å². The van der Waals surface area contributed by atoms with Crippen molar-refractivity contribution >= 4 is 5.91 Å². The number of piperidine rings is 1. The van der Waals surface area contributed by atoms with Crippen molar-refractivity contribution in [2.24, 2.45) is 0 Å². The van der Waals surface area contributed by atoms with Crippen LogP contribution in [0.4, 0.5) is 0 Å². The summed E-state index contributed by atoms with van der Waals surface area (Å²) in [5, 5.41) is 6.31. The van der Waals surface area contributed by atoms with Crippen molar-refractivity contribution in [3.8, 4) is 11.5 Å². The fourth-order valence-corrected chi connectivity index (χ4v) is 3.42. The second kappa shape index (κ2) is 10.8. The second-order valence-corrected chi connectivity index (χ2v) is 7.23. The number of hydrogen-bond donors (Lipinski definition) is 2. The van der Waals surface area contributed by atoms with Gasteiger partial charge < -0.3 is 20.1 Å². The zero-order chi connectivity index (χ0) is 20.5. The Kier molecular flexibility index (Phi) is 7.84. The number of pyridine rings is 1. The van der Waals surface area contributed by atoms with Gasteiger partial charge in [0.05, 0.1) is 13.7 Å². The predicted octanol–water partition coefficient (Wildman–Crippen LogP) is 1.97. The molecule has 0 saturated carbocycles. The smallest absolute Gasteiger partial charge is 0.233 e. The Hall–Kier alpha value is -2.64. The number of hydrogen-bond acceptors (Lipinski definition) is 6. The van der Waals surface area contributed by atoms with Gasteiger partial charge in [0.1, 0.15) is 6.61 Å². The zero-order valence-electron chi connectivity index (χ0n) is 17.2. The predicted molar refractivity (Wildman–Crippen MR) is 112 cm³/mol. The van der Waals surface area contributed by atoms with Gasteiger partial charge in [-0.05, 0) is 48.2 Å². The average molecular weight is 399 g/mol. The second-order valence-electron chi connectivity index (χ2n) is 7.23. The lowest BCUT2D eigenvalue weighted by molar-refractivity contribution is -0.122. The standard InChI is InChI=1S/C22H30N4O3/c1-23-22(27)15-26-11-7-19(8-12-26)25-14-18-3-4-20(21(13-18)28-2)29-16-17-5-9-24-10-6-17/h3-6,9-10,13,19,25H,7-8,11-12,14-16H2,1-2H3,(H,23,27). The van der Waals surface area contributed by atoms with Gasteiger partial charge >= 0.3 is 0 Å². The van der Waals surface area contributed by atoms with Crippen LogP contribution >= 0.6 is 0 Å². The number of rotatable bonds is 9. The molecule has 156 valence electrons. The summed E-state index contributed by atoms with van der Waals surface area (Å²) in [6.45, 7) is 3.62. The number of ether oxygens (including phenoxy) is 2. The summed E-state index contributed by atoms with van der Waals surface area (Å²) < 4.78 is 11.4. The number of carbonyl (C=O) groups is 1. The maximum atomic E-state index is 11.5. The summed E-state index contributed by atoms with van der Waals surface area (Å²) in [5.74, 6) is 1.55. The van der Waals surface area contributed by atoms with Crippen molar-refractivity contribution in [3.63, 3.8) is 0 Å². The number of methoxy groups -OCH3 is 1. The number of amides is 1. The van der Waals surface area contributed by atoms with Crippen LogP contribution in [0.25, 0.3) is 0 Å². The number of nitrogens with one attached hydrogen (secondary N) is 2. The van der Waals surface area contributed by atoms with E-state index in [2.05, 4.69) is 26.6 Å². The van der Waals surface area contributed by atoms with Crippen molar-refractivity contribution in [3.05, 3.63) is 53.9 Å². The SMILES string of the molecule is CNC(=O)CN1CCC(NCc2ccc(OCc3ccncc3)c(OC)c2)CC1. The first kappa shape index (κ1) is 21.1. The highest BCUT2D eigenvalue weighted by Crippen LogP contribution is 2.29. The Morgan fingerprint density at radius 2 is 1.90 bits per heavy atom.